The predicted octanol–water partition coefficient (Wildman–Crippen LogP) is 8.44. The normalized spacial score (nSPS) is 12.5. The van der Waals surface area contributed by atoms with E-state index in [1.54, 1.807) is 0 Å². The fourth-order valence-electron chi connectivity index (χ4n) is 5.57. The zero-order chi connectivity index (χ0) is 28.0. The van der Waals surface area contributed by atoms with Crippen LogP contribution in [-0.2, 0) is 14.6 Å². The van der Waals surface area contributed by atoms with E-state index in [-0.39, 0.29) is 63.9 Å². The van der Waals surface area contributed by atoms with Gasteiger partial charge in [0.2, 0.25) is 10.4 Å². The van der Waals surface area contributed by atoms with Gasteiger partial charge in [-0.15, -0.1) is 0 Å². The number of hydrogen-bond donors (Lipinski definition) is 0. The number of rotatable bonds is 32. The monoisotopic (exact) mass is 598 g/mol. The first-order valence-corrected chi connectivity index (χ1v) is 18.4. The molecule has 0 aromatic rings. The molecule has 0 saturated carbocycles. The average Bonchev–Trinajstić information content (AvgIpc) is 2.89. The van der Waals surface area contributed by atoms with Crippen LogP contribution in [0.1, 0.15) is 200 Å². The van der Waals surface area contributed by atoms with E-state index in [1.165, 1.54) is 161 Å². The Labute approximate surface area is 288 Å². The molecule has 6 heteroatoms. The van der Waals surface area contributed by atoms with Gasteiger partial charge in [-0.2, -0.15) is 0 Å². The fraction of sp³-hybridized carbons (Fsp3) is 1.00. The zero-order valence-electron chi connectivity index (χ0n) is 26.8. The molecular weight excluding hydrogens is 532 g/mol. The van der Waals surface area contributed by atoms with Crippen LogP contribution in [0.3, 0.4) is 0 Å². The van der Waals surface area contributed by atoms with Crippen LogP contribution in [0, 0.1) is 5.92 Å². The van der Waals surface area contributed by atoms with Gasteiger partial charge >= 0.3 is 51.4 Å². The molecule has 0 aliphatic rings. The van der Waals surface area contributed by atoms with Crippen LogP contribution in [0.4, 0.5) is 0 Å². The quantitative estimate of drug-likeness (QED) is 0.0337. The minimum absolute atomic E-state index is 0. The second-order valence-corrected chi connectivity index (χ2v) is 13.0. The minimum atomic E-state index is -4.58. The fourth-order valence-corrected chi connectivity index (χ4v) is 5.93. The molecule has 1 atom stereocenters. The number of unbranched alkanes of at least 4 members (excludes halogenated alkanes) is 25. The molecule has 0 N–H and O–H groups in total. The van der Waals surface area contributed by atoms with Gasteiger partial charge in [0.15, 0.2) is 0 Å². The van der Waals surface area contributed by atoms with Crippen molar-refractivity contribution in [1.29, 1.82) is 0 Å². The Hall–Kier alpha value is 1.51. The van der Waals surface area contributed by atoms with Gasteiger partial charge in [0, 0.05) is 0 Å². The third-order valence-electron chi connectivity index (χ3n) is 8.13. The first-order chi connectivity index (χ1) is 18.5. The van der Waals surface area contributed by atoms with Crippen molar-refractivity contribution < 1.29 is 68.5 Å². The van der Waals surface area contributed by atoms with Crippen molar-refractivity contribution in [2.24, 2.45) is 5.92 Å². The Bertz CT molecular complexity index is 556. The van der Waals surface area contributed by atoms with Crippen LogP contribution in [-0.4, -0.2) is 19.6 Å². The molecule has 0 aromatic carbocycles. The van der Waals surface area contributed by atoms with Crippen molar-refractivity contribution >= 4 is 10.4 Å². The summed E-state index contributed by atoms with van der Waals surface area (Å²) in [7, 11) is -4.58. The molecule has 4 nitrogen and oxygen atoms in total. The van der Waals surface area contributed by atoms with E-state index in [0.29, 0.717) is 0 Å². The molecule has 0 spiro atoms. The van der Waals surface area contributed by atoms with Crippen molar-refractivity contribution in [3.8, 4) is 0 Å². The van der Waals surface area contributed by atoms with Gasteiger partial charge < -0.3 is 4.55 Å². The number of hydrogen-bond acceptors (Lipinski definition) is 4. The van der Waals surface area contributed by atoms with Crippen LogP contribution in [0.25, 0.3) is 0 Å². The summed E-state index contributed by atoms with van der Waals surface area (Å²) in [5, 5.41) is 0. The standard InChI is InChI=1S/C33H68O4S.K/c1-3-5-7-9-11-13-14-15-16-17-18-19-20-21-23-25-27-29-31-33(32-37-38(34,35)36)30-28-26-24-22-12-10-8-6-4-2;/h33H,3-32H2,1-2H3,(H,34,35,36);/q;+1/p-1. The van der Waals surface area contributed by atoms with Crippen LogP contribution >= 0.6 is 0 Å². The van der Waals surface area contributed by atoms with Gasteiger partial charge in [-0.25, -0.2) is 8.42 Å². The molecule has 0 amide bonds. The summed E-state index contributed by atoms with van der Waals surface area (Å²) in [6, 6.07) is 0. The van der Waals surface area contributed by atoms with Crippen LogP contribution < -0.4 is 51.4 Å². The Balaban J connectivity index is 0. The molecule has 0 saturated heterocycles. The van der Waals surface area contributed by atoms with Gasteiger partial charge in [-0.1, -0.05) is 187 Å². The first kappa shape index (κ1) is 42.6. The second-order valence-electron chi connectivity index (χ2n) is 12.0. The summed E-state index contributed by atoms with van der Waals surface area (Å²) in [6.45, 7) is 4.60. The van der Waals surface area contributed by atoms with Gasteiger partial charge in [-0.05, 0) is 18.8 Å². The molecule has 0 aromatic heterocycles. The second kappa shape index (κ2) is 34.0. The maximum absolute atomic E-state index is 10.9. The van der Waals surface area contributed by atoms with E-state index < -0.39 is 10.4 Å². The van der Waals surface area contributed by atoms with Gasteiger partial charge in [-0.3, -0.25) is 4.18 Å². The summed E-state index contributed by atoms with van der Waals surface area (Å²) in [5.41, 5.74) is 0. The summed E-state index contributed by atoms with van der Waals surface area (Å²) in [4.78, 5) is 0. The van der Waals surface area contributed by atoms with E-state index in [1.807, 2.05) is 0 Å². The molecule has 230 valence electrons. The summed E-state index contributed by atoms with van der Waals surface area (Å²) < 4.78 is 37.4. The van der Waals surface area contributed by atoms with Crippen LogP contribution in [0.2, 0.25) is 0 Å². The minimum Gasteiger partial charge on any atom is -0.726 e. The van der Waals surface area contributed by atoms with Gasteiger partial charge in [0.05, 0.1) is 6.61 Å². The average molecular weight is 599 g/mol. The third-order valence-corrected chi connectivity index (χ3v) is 8.55. The Morgan fingerprint density at radius 1 is 0.462 bits per heavy atom. The summed E-state index contributed by atoms with van der Waals surface area (Å²) >= 11 is 0. The smallest absolute Gasteiger partial charge is 0.726 e. The van der Waals surface area contributed by atoms with Crippen molar-refractivity contribution in [2.45, 2.75) is 200 Å². The van der Waals surface area contributed by atoms with Crippen molar-refractivity contribution in [2.75, 3.05) is 6.61 Å². The predicted molar refractivity (Wildman–Crippen MR) is 164 cm³/mol. The Morgan fingerprint density at radius 2 is 0.692 bits per heavy atom. The van der Waals surface area contributed by atoms with E-state index in [4.69, 9.17) is 0 Å². The van der Waals surface area contributed by atoms with Crippen molar-refractivity contribution in [3.63, 3.8) is 0 Å². The summed E-state index contributed by atoms with van der Waals surface area (Å²) in [6.07, 6.45) is 38.1. The first-order valence-electron chi connectivity index (χ1n) is 17.1. The molecule has 0 heterocycles. The van der Waals surface area contributed by atoms with Crippen molar-refractivity contribution in [3.05, 3.63) is 0 Å². The molecule has 0 aliphatic carbocycles. The molecule has 0 aliphatic heterocycles. The maximum atomic E-state index is 10.9. The molecule has 39 heavy (non-hydrogen) atoms. The van der Waals surface area contributed by atoms with Gasteiger partial charge in [0.25, 0.3) is 0 Å². The maximum Gasteiger partial charge on any atom is 1.00 e. The molecule has 0 rings (SSSR count). The SMILES string of the molecule is CCCCCCCCCCCCCCCCCCCCC(CCCCCCCCCCC)COS(=O)(=O)[O-].[K+]. The molecule has 0 bridgehead atoms. The van der Waals surface area contributed by atoms with E-state index in [9.17, 15) is 13.0 Å². The van der Waals surface area contributed by atoms with E-state index in [0.717, 1.165) is 25.7 Å². The molecule has 0 fully saturated rings. The summed E-state index contributed by atoms with van der Waals surface area (Å²) in [5.74, 6) is 0.198. The van der Waals surface area contributed by atoms with Crippen molar-refractivity contribution in [1.82, 2.24) is 0 Å². The molecule has 0 radical (unpaired) electrons. The molecule has 1 unspecified atom stereocenters. The van der Waals surface area contributed by atoms with E-state index >= 15 is 0 Å². The largest absolute Gasteiger partial charge is 1.00 e. The Kier molecular flexibility index (Phi) is 37.2. The molecular formula is C33H67KO4S. The third kappa shape index (κ3) is 37.5. The van der Waals surface area contributed by atoms with E-state index in [2.05, 4.69) is 18.0 Å². The Morgan fingerprint density at radius 3 is 0.923 bits per heavy atom. The topological polar surface area (TPSA) is 66.4 Å². The zero-order valence-corrected chi connectivity index (χ0v) is 30.8. The van der Waals surface area contributed by atoms with Gasteiger partial charge in [0.1, 0.15) is 0 Å². The van der Waals surface area contributed by atoms with Crippen LogP contribution in [0.15, 0.2) is 0 Å². The van der Waals surface area contributed by atoms with Crippen LogP contribution in [0.5, 0.6) is 0 Å².